The van der Waals surface area contributed by atoms with Crippen LogP contribution in [0.3, 0.4) is 0 Å². The van der Waals surface area contributed by atoms with Crippen LogP contribution in [-0.4, -0.2) is 9.97 Å². The van der Waals surface area contributed by atoms with E-state index in [1.54, 1.807) is 19.3 Å². The minimum atomic E-state index is 0.182. The highest BCUT2D eigenvalue weighted by atomic mass is 15.0. The number of hydrogen-bond acceptors (Lipinski definition) is 5. The lowest BCUT2D eigenvalue weighted by Gasteiger charge is -2.15. The zero-order valence-corrected chi connectivity index (χ0v) is 14.3. The number of pyridine rings is 2. The van der Waals surface area contributed by atoms with Gasteiger partial charge in [0.1, 0.15) is 23.3 Å². The zero-order chi connectivity index (χ0) is 18.4. The van der Waals surface area contributed by atoms with Crippen molar-refractivity contribution >= 4 is 11.6 Å². The van der Waals surface area contributed by atoms with Gasteiger partial charge in [0.2, 0.25) is 0 Å². The summed E-state index contributed by atoms with van der Waals surface area (Å²) < 4.78 is 0. The van der Waals surface area contributed by atoms with E-state index in [4.69, 9.17) is 5.73 Å². The standard InChI is InChI=1S/C21H17N5/c1-2-7-17-19(16-9-4-3-5-10-16)18(12-22)20(23)26-21(17)25-14-15-8-6-11-24-13-15/h3-6,8-11,13H,14H2,1H3,(H3,23,25,26). The molecule has 1 aromatic carbocycles. The Labute approximate surface area is 152 Å². The number of benzene rings is 1. The summed E-state index contributed by atoms with van der Waals surface area (Å²) in [6.07, 6.45) is 3.51. The number of hydrogen-bond donors (Lipinski definition) is 2. The van der Waals surface area contributed by atoms with Crippen molar-refractivity contribution in [3.8, 4) is 29.0 Å². The van der Waals surface area contributed by atoms with Crippen molar-refractivity contribution in [2.75, 3.05) is 11.1 Å². The number of nitrogens with zero attached hydrogens (tertiary/aromatic N) is 3. The molecule has 2 heterocycles. The van der Waals surface area contributed by atoms with E-state index in [1.807, 2.05) is 42.5 Å². The summed E-state index contributed by atoms with van der Waals surface area (Å²) in [6, 6.07) is 15.6. The smallest absolute Gasteiger partial charge is 0.145 e. The minimum absolute atomic E-state index is 0.182. The molecule has 0 bridgehead atoms. The quantitative estimate of drug-likeness (QED) is 0.709. The maximum Gasteiger partial charge on any atom is 0.145 e. The second-order valence-corrected chi connectivity index (χ2v) is 5.54. The average molecular weight is 339 g/mol. The molecule has 0 amide bonds. The first-order valence-electron chi connectivity index (χ1n) is 8.09. The summed E-state index contributed by atoms with van der Waals surface area (Å²) in [5, 5.41) is 12.9. The van der Waals surface area contributed by atoms with Gasteiger partial charge in [0.15, 0.2) is 0 Å². The molecule has 0 saturated heterocycles. The number of nitrogens with two attached hydrogens (primary N) is 1. The van der Waals surface area contributed by atoms with Gasteiger partial charge in [-0.15, -0.1) is 5.92 Å². The number of rotatable bonds is 4. The minimum Gasteiger partial charge on any atom is -0.383 e. The van der Waals surface area contributed by atoms with E-state index in [0.29, 0.717) is 29.1 Å². The Bertz CT molecular complexity index is 1010. The Kier molecular flexibility index (Phi) is 5.12. The van der Waals surface area contributed by atoms with Gasteiger partial charge in [-0.2, -0.15) is 5.26 Å². The number of nitrogens with one attached hydrogen (secondary N) is 1. The van der Waals surface area contributed by atoms with Crippen LogP contribution < -0.4 is 11.1 Å². The van der Waals surface area contributed by atoms with Crippen LogP contribution in [0.25, 0.3) is 11.1 Å². The highest BCUT2D eigenvalue weighted by molar-refractivity contribution is 5.85. The summed E-state index contributed by atoms with van der Waals surface area (Å²) >= 11 is 0. The maximum atomic E-state index is 9.61. The van der Waals surface area contributed by atoms with E-state index < -0.39 is 0 Å². The maximum absolute atomic E-state index is 9.61. The topological polar surface area (TPSA) is 87.6 Å². The van der Waals surface area contributed by atoms with Crippen molar-refractivity contribution in [3.63, 3.8) is 0 Å². The normalized spacial score (nSPS) is 9.69. The molecule has 2 aromatic heterocycles. The first kappa shape index (κ1) is 17.0. The number of nitriles is 1. The van der Waals surface area contributed by atoms with Crippen LogP contribution in [0.2, 0.25) is 0 Å². The van der Waals surface area contributed by atoms with E-state index in [0.717, 1.165) is 11.1 Å². The van der Waals surface area contributed by atoms with Crippen molar-refractivity contribution in [1.29, 1.82) is 5.26 Å². The molecule has 0 aliphatic carbocycles. The van der Waals surface area contributed by atoms with Crippen LogP contribution in [0.4, 0.5) is 11.6 Å². The van der Waals surface area contributed by atoms with Gasteiger partial charge in [-0.05, 0) is 24.1 Å². The molecule has 0 fully saturated rings. The molecule has 0 atom stereocenters. The third-order valence-electron chi connectivity index (χ3n) is 3.83. The molecule has 3 rings (SSSR count). The summed E-state index contributed by atoms with van der Waals surface area (Å²) in [4.78, 5) is 8.49. The van der Waals surface area contributed by atoms with Gasteiger partial charge in [-0.1, -0.05) is 42.3 Å². The number of nitrogen functional groups attached to an aromatic ring is 1. The fourth-order valence-electron chi connectivity index (χ4n) is 2.67. The Morgan fingerprint density at radius 2 is 1.92 bits per heavy atom. The highest BCUT2D eigenvalue weighted by Crippen LogP contribution is 2.34. The SMILES string of the molecule is CC#Cc1c(NCc2cccnc2)nc(N)c(C#N)c1-c1ccccc1. The fourth-order valence-corrected chi connectivity index (χ4v) is 2.67. The molecule has 5 nitrogen and oxygen atoms in total. The monoisotopic (exact) mass is 339 g/mol. The van der Waals surface area contributed by atoms with E-state index in [2.05, 4.69) is 33.2 Å². The average Bonchev–Trinajstić information content (AvgIpc) is 2.69. The van der Waals surface area contributed by atoms with E-state index in [9.17, 15) is 5.26 Å². The molecular formula is C21H17N5. The van der Waals surface area contributed by atoms with Crippen molar-refractivity contribution < 1.29 is 0 Å². The Balaban J connectivity index is 2.14. The molecule has 0 unspecified atom stereocenters. The predicted molar refractivity (Wildman–Crippen MR) is 103 cm³/mol. The van der Waals surface area contributed by atoms with Gasteiger partial charge in [0.05, 0.1) is 5.56 Å². The summed E-state index contributed by atoms with van der Waals surface area (Å²) in [5.41, 5.74) is 9.65. The summed E-state index contributed by atoms with van der Waals surface area (Å²) in [5.74, 6) is 6.73. The molecule has 0 radical (unpaired) electrons. The predicted octanol–water partition coefficient (Wildman–Crippen LogP) is 3.58. The second kappa shape index (κ2) is 7.83. The molecule has 0 saturated carbocycles. The third kappa shape index (κ3) is 3.48. The first-order valence-corrected chi connectivity index (χ1v) is 8.09. The van der Waals surface area contributed by atoms with Crippen LogP contribution in [0.5, 0.6) is 0 Å². The molecule has 3 N–H and O–H groups in total. The number of anilines is 2. The van der Waals surface area contributed by atoms with E-state index >= 15 is 0 Å². The Morgan fingerprint density at radius 1 is 1.12 bits per heavy atom. The molecule has 3 aromatic rings. The van der Waals surface area contributed by atoms with E-state index in [-0.39, 0.29) is 5.82 Å². The first-order chi connectivity index (χ1) is 12.7. The van der Waals surface area contributed by atoms with Crippen LogP contribution in [0.15, 0.2) is 54.9 Å². The fraction of sp³-hybridized carbons (Fsp3) is 0.0952. The van der Waals surface area contributed by atoms with Crippen LogP contribution >= 0.6 is 0 Å². The van der Waals surface area contributed by atoms with Gasteiger partial charge < -0.3 is 11.1 Å². The summed E-state index contributed by atoms with van der Waals surface area (Å²) in [7, 11) is 0. The van der Waals surface area contributed by atoms with Crippen LogP contribution in [0, 0.1) is 23.2 Å². The summed E-state index contributed by atoms with van der Waals surface area (Å²) in [6.45, 7) is 2.28. The van der Waals surface area contributed by atoms with Crippen LogP contribution in [0.1, 0.15) is 23.6 Å². The van der Waals surface area contributed by atoms with Gasteiger partial charge in [0.25, 0.3) is 0 Å². The lowest BCUT2D eigenvalue weighted by Crippen LogP contribution is -2.09. The van der Waals surface area contributed by atoms with Gasteiger partial charge in [-0.3, -0.25) is 4.98 Å². The molecule has 0 aliphatic rings. The lowest BCUT2D eigenvalue weighted by atomic mass is 9.95. The highest BCUT2D eigenvalue weighted by Gasteiger charge is 2.18. The molecular weight excluding hydrogens is 322 g/mol. The zero-order valence-electron chi connectivity index (χ0n) is 14.3. The molecule has 0 spiro atoms. The van der Waals surface area contributed by atoms with Crippen molar-refractivity contribution in [1.82, 2.24) is 9.97 Å². The lowest BCUT2D eigenvalue weighted by molar-refractivity contribution is 1.08. The van der Waals surface area contributed by atoms with Crippen LogP contribution in [-0.2, 0) is 6.54 Å². The van der Waals surface area contributed by atoms with Crippen molar-refractivity contribution in [2.45, 2.75) is 13.5 Å². The second-order valence-electron chi connectivity index (χ2n) is 5.54. The Morgan fingerprint density at radius 3 is 2.58 bits per heavy atom. The molecule has 126 valence electrons. The van der Waals surface area contributed by atoms with Gasteiger partial charge >= 0.3 is 0 Å². The molecule has 26 heavy (non-hydrogen) atoms. The van der Waals surface area contributed by atoms with E-state index in [1.165, 1.54) is 0 Å². The van der Waals surface area contributed by atoms with Crippen molar-refractivity contribution in [3.05, 3.63) is 71.5 Å². The largest absolute Gasteiger partial charge is 0.383 e. The third-order valence-corrected chi connectivity index (χ3v) is 3.83. The molecule has 5 heteroatoms. The number of aromatic nitrogens is 2. The molecule has 0 aliphatic heterocycles. The van der Waals surface area contributed by atoms with Gasteiger partial charge in [0, 0.05) is 24.5 Å². The van der Waals surface area contributed by atoms with Gasteiger partial charge in [-0.25, -0.2) is 4.98 Å². The van der Waals surface area contributed by atoms with Crippen molar-refractivity contribution in [2.24, 2.45) is 0 Å². The Hall–Kier alpha value is -3.83.